The minimum absolute atomic E-state index is 0.175. The molecule has 106 valence electrons. The first-order valence-electron chi connectivity index (χ1n) is 6.45. The maximum atomic E-state index is 9.90. The molecule has 0 bridgehead atoms. The Morgan fingerprint density at radius 1 is 1.20 bits per heavy atom. The lowest BCUT2D eigenvalue weighted by Gasteiger charge is -2.15. The van der Waals surface area contributed by atoms with E-state index in [9.17, 15) is 5.11 Å². The van der Waals surface area contributed by atoms with Crippen LogP contribution in [0.1, 0.15) is 24.1 Å². The Hall–Kier alpha value is -1.71. The van der Waals surface area contributed by atoms with Gasteiger partial charge in [0.1, 0.15) is 11.5 Å². The van der Waals surface area contributed by atoms with Crippen molar-refractivity contribution in [2.45, 2.75) is 19.5 Å². The van der Waals surface area contributed by atoms with Gasteiger partial charge < -0.3 is 15.2 Å². The van der Waals surface area contributed by atoms with E-state index in [1.807, 2.05) is 36.4 Å². The standard InChI is InChI=1S/C16H18ClNO2/c1-11(12-3-6-14(17)7-4-12)18-10-13-5-8-15(20-2)9-16(13)19/h3-9,11,18-19H,10H2,1-2H3/t11-/m1/s1. The summed E-state index contributed by atoms with van der Waals surface area (Å²) >= 11 is 5.87. The fourth-order valence-electron chi connectivity index (χ4n) is 1.95. The summed E-state index contributed by atoms with van der Waals surface area (Å²) in [4.78, 5) is 0. The topological polar surface area (TPSA) is 41.5 Å². The molecule has 20 heavy (non-hydrogen) atoms. The van der Waals surface area contributed by atoms with Gasteiger partial charge in [0.15, 0.2) is 0 Å². The van der Waals surface area contributed by atoms with E-state index in [2.05, 4.69) is 12.2 Å². The second-order valence-corrected chi connectivity index (χ2v) is 5.09. The van der Waals surface area contributed by atoms with Crippen LogP contribution in [0.2, 0.25) is 5.02 Å². The number of halogens is 1. The first-order valence-corrected chi connectivity index (χ1v) is 6.82. The number of benzene rings is 2. The molecule has 0 aromatic heterocycles. The number of hydrogen-bond donors (Lipinski definition) is 2. The zero-order valence-corrected chi connectivity index (χ0v) is 12.3. The van der Waals surface area contributed by atoms with E-state index in [1.54, 1.807) is 13.2 Å². The van der Waals surface area contributed by atoms with Gasteiger partial charge in [0.25, 0.3) is 0 Å². The van der Waals surface area contributed by atoms with E-state index in [1.165, 1.54) is 0 Å². The quantitative estimate of drug-likeness (QED) is 0.878. The van der Waals surface area contributed by atoms with Crippen LogP contribution >= 0.6 is 11.6 Å². The predicted octanol–water partition coefficient (Wildman–Crippen LogP) is 3.91. The molecule has 0 aliphatic rings. The number of hydrogen-bond acceptors (Lipinski definition) is 3. The average Bonchev–Trinajstić information content (AvgIpc) is 2.46. The van der Waals surface area contributed by atoms with Crippen LogP contribution in [0.3, 0.4) is 0 Å². The van der Waals surface area contributed by atoms with Crippen molar-refractivity contribution in [2.24, 2.45) is 0 Å². The van der Waals surface area contributed by atoms with E-state index in [0.29, 0.717) is 12.3 Å². The van der Waals surface area contributed by atoms with Gasteiger partial charge in [-0.1, -0.05) is 29.8 Å². The van der Waals surface area contributed by atoms with Gasteiger partial charge in [-0.05, 0) is 30.7 Å². The largest absolute Gasteiger partial charge is 0.507 e. The van der Waals surface area contributed by atoms with E-state index < -0.39 is 0 Å². The van der Waals surface area contributed by atoms with Crippen molar-refractivity contribution in [3.05, 3.63) is 58.6 Å². The summed E-state index contributed by atoms with van der Waals surface area (Å²) in [5.74, 6) is 0.886. The minimum Gasteiger partial charge on any atom is -0.507 e. The van der Waals surface area contributed by atoms with Crippen LogP contribution in [0.15, 0.2) is 42.5 Å². The van der Waals surface area contributed by atoms with Crippen molar-refractivity contribution in [3.8, 4) is 11.5 Å². The lowest BCUT2D eigenvalue weighted by atomic mass is 10.1. The van der Waals surface area contributed by atoms with Gasteiger partial charge in [0.2, 0.25) is 0 Å². The summed E-state index contributed by atoms with van der Waals surface area (Å²) in [6.45, 7) is 2.66. The molecule has 0 spiro atoms. The first-order chi connectivity index (χ1) is 9.60. The Balaban J connectivity index is 1.99. The van der Waals surface area contributed by atoms with Gasteiger partial charge in [-0.15, -0.1) is 0 Å². The molecule has 0 aliphatic carbocycles. The molecular weight excluding hydrogens is 274 g/mol. The summed E-state index contributed by atoms with van der Waals surface area (Å²) in [7, 11) is 1.58. The van der Waals surface area contributed by atoms with Crippen molar-refractivity contribution in [2.75, 3.05) is 7.11 Å². The van der Waals surface area contributed by atoms with Gasteiger partial charge in [0.05, 0.1) is 7.11 Å². The second kappa shape index (κ2) is 6.64. The minimum atomic E-state index is 0.175. The molecule has 1 atom stereocenters. The third kappa shape index (κ3) is 3.65. The molecule has 0 saturated heterocycles. The third-order valence-electron chi connectivity index (χ3n) is 3.26. The number of aromatic hydroxyl groups is 1. The molecular formula is C16H18ClNO2. The van der Waals surface area contributed by atoms with Gasteiger partial charge in [0, 0.05) is 29.2 Å². The highest BCUT2D eigenvalue weighted by molar-refractivity contribution is 6.30. The summed E-state index contributed by atoms with van der Waals surface area (Å²) in [6, 6.07) is 13.2. The number of ether oxygens (including phenoxy) is 1. The molecule has 0 heterocycles. The van der Waals surface area contributed by atoms with E-state index >= 15 is 0 Å². The van der Waals surface area contributed by atoms with Crippen LogP contribution in [-0.2, 0) is 6.54 Å². The molecule has 0 fully saturated rings. The lowest BCUT2D eigenvalue weighted by molar-refractivity contribution is 0.405. The zero-order valence-electron chi connectivity index (χ0n) is 11.6. The van der Waals surface area contributed by atoms with Crippen LogP contribution in [0.25, 0.3) is 0 Å². The van der Waals surface area contributed by atoms with Crippen LogP contribution in [0.5, 0.6) is 11.5 Å². The Morgan fingerprint density at radius 3 is 2.50 bits per heavy atom. The molecule has 4 heteroatoms. The molecule has 0 aliphatic heterocycles. The van der Waals surface area contributed by atoms with E-state index in [4.69, 9.17) is 16.3 Å². The van der Waals surface area contributed by atoms with Gasteiger partial charge in [-0.25, -0.2) is 0 Å². The summed E-state index contributed by atoms with van der Waals surface area (Å²) < 4.78 is 5.06. The molecule has 3 nitrogen and oxygen atoms in total. The highest BCUT2D eigenvalue weighted by Crippen LogP contribution is 2.24. The Bertz CT molecular complexity index is 569. The molecule has 0 saturated carbocycles. The normalized spacial score (nSPS) is 12.2. The molecule has 2 aromatic rings. The molecule has 2 rings (SSSR count). The molecule has 0 unspecified atom stereocenters. The Kier molecular flexibility index (Phi) is 4.88. The fourth-order valence-corrected chi connectivity index (χ4v) is 2.08. The van der Waals surface area contributed by atoms with Crippen molar-refractivity contribution >= 4 is 11.6 Å². The smallest absolute Gasteiger partial charge is 0.123 e. The van der Waals surface area contributed by atoms with E-state index in [-0.39, 0.29) is 11.8 Å². The zero-order chi connectivity index (χ0) is 14.5. The molecule has 0 amide bonds. The second-order valence-electron chi connectivity index (χ2n) is 4.65. The van der Waals surface area contributed by atoms with Gasteiger partial charge in [-0.2, -0.15) is 0 Å². The summed E-state index contributed by atoms with van der Waals surface area (Å²) in [6.07, 6.45) is 0. The number of methoxy groups -OCH3 is 1. The summed E-state index contributed by atoms with van der Waals surface area (Å²) in [5.41, 5.74) is 1.99. The van der Waals surface area contributed by atoms with Gasteiger partial charge in [-0.3, -0.25) is 0 Å². The highest BCUT2D eigenvalue weighted by atomic mass is 35.5. The summed E-state index contributed by atoms with van der Waals surface area (Å²) in [5, 5.41) is 14.0. The maximum Gasteiger partial charge on any atom is 0.123 e. The highest BCUT2D eigenvalue weighted by Gasteiger charge is 2.07. The van der Waals surface area contributed by atoms with Crippen LogP contribution in [-0.4, -0.2) is 12.2 Å². The van der Waals surface area contributed by atoms with Crippen molar-refractivity contribution in [1.82, 2.24) is 5.32 Å². The number of rotatable bonds is 5. The number of phenols is 1. The van der Waals surface area contributed by atoms with Gasteiger partial charge >= 0.3 is 0 Å². The predicted molar refractivity (Wildman–Crippen MR) is 81.4 cm³/mol. The number of phenolic OH excluding ortho intramolecular Hbond substituents is 1. The van der Waals surface area contributed by atoms with E-state index in [0.717, 1.165) is 16.1 Å². The van der Waals surface area contributed by atoms with Crippen LogP contribution in [0, 0.1) is 0 Å². The maximum absolute atomic E-state index is 9.90. The van der Waals surface area contributed by atoms with Crippen molar-refractivity contribution in [1.29, 1.82) is 0 Å². The first kappa shape index (κ1) is 14.7. The monoisotopic (exact) mass is 291 g/mol. The lowest BCUT2D eigenvalue weighted by Crippen LogP contribution is -2.18. The average molecular weight is 292 g/mol. The molecule has 2 aromatic carbocycles. The Labute approximate surface area is 124 Å². The molecule has 0 radical (unpaired) electrons. The Morgan fingerprint density at radius 2 is 1.90 bits per heavy atom. The molecule has 2 N–H and O–H groups in total. The fraction of sp³-hybridized carbons (Fsp3) is 0.250. The number of nitrogens with one attached hydrogen (secondary N) is 1. The van der Waals surface area contributed by atoms with Crippen molar-refractivity contribution in [3.63, 3.8) is 0 Å². The third-order valence-corrected chi connectivity index (χ3v) is 3.51. The van der Waals surface area contributed by atoms with Crippen molar-refractivity contribution < 1.29 is 9.84 Å². The van der Waals surface area contributed by atoms with Crippen LogP contribution in [0.4, 0.5) is 0 Å². The SMILES string of the molecule is COc1ccc(CN[C@H](C)c2ccc(Cl)cc2)c(O)c1. The van der Waals surface area contributed by atoms with Crippen LogP contribution < -0.4 is 10.1 Å².